The number of sulfonamides is 1. The fraction of sp³-hybridized carbons (Fsp3) is 0.333. The molecule has 0 aliphatic rings. The highest BCUT2D eigenvalue weighted by molar-refractivity contribution is 7.91. The van der Waals surface area contributed by atoms with Crippen molar-refractivity contribution in [3.8, 4) is 5.75 Å². The third kappa shape index (κ3) is 4.69. The van der Waals surface area contributed by atoms with E-state index in [4.69, 9.17) is 0 Å². The van der Waals surface area contributed by atoms with E-state index < -0.39 is 10.0 Å². The molecule has 0 amide bonds. The first-order valence-electron chi connectivity index (χ1n) is 10.8. The molecule has 0 spiro atoms. The van der Waals surface area contributed by atoms with Gasteiger partial charge in [-0.2, -0.15) is 13.1 Å². The molecule has 0 aliphatic heterocycles. The molecule has 3 N–H and O–H groups in total. The molecule has 0 saturated carbocycles. The van der Waals surface area contributed by atoms with Crippen LogP contribution in [0.2, 0.25) is 0 Å². The Kier molecular flexibility index (Phi) is 7.26. The quantitative estimate of drug-likeness (QED) is 0.275. The van der Waals surface area contributed by atoms with E-state index in [1.807, 2.05) is 30.3 Å². The van der Waals surface area contributed by atoms with Gasteiger partial charge in [0.2, 0.25) is 11.3 Å². The molecule has 0 fully saturated rings. The molecule has 3 heterocycles. The molecule has 13 heteroatoms. The van der Waals surface area contributed by atoms with E-state index in [1.54, 1.807) is 19.2 Å². The van der Waals surface area contributed by atoms with Gasteiger partial charge in [0.25, 0.3) is 10.0 Å². The zero-order valence-corrected chi connectivity index (χ0v) is 21.3. The summed E-state index contributed by atoms with van der Waals surface area (Å²) in [5.41, 5.74) is 2.07. The SMILES string of the molecule is CC[C@@H](Nc1nc2nsnc2nc1Nc1csc(S(=O)(=O)N(CC)CC)c1O)c1ccccc1. The molecule has 0 radical (unpaired) electrons. The summed E-state index contributed by atoms with van der Waals surface area (Å²) in [6.45, 7) is 6.19. The van der Waals surface area contributed by atoms with Gasteiger partial charge in [-0.3, -0.25) is 0 Å². The van der Waals surface area contributed by atoms with Crippen molar-refractivity contribution in [3.63, 3.8) is 0 Å². The molecule has 10 nitrogen and oxygen atoms in total. The number of nitrogens with zero attached hydrogens (tertiary/aromatic N) is 5. The minimum absolute atomic E-state index is 0.0465. The van der Waals surface area contributed by atoms with Gasteiger partial charge < -0.3 is 15.7 Å². The van der Waals surface area contributed by atoms with Crippen molar-refractivity contribution < 1.29 is 13.5 Å². The van der Waals surface area contributed by atoms with Crippen LogP contribution in [-0.4, -0.2) is 49.6 Å². The minimum Gasteiger partial charge on any atom is -0.504 e. The van der Waals surface area contributed by atoms with Crippen molar-refractivity contribution in [2.24, 2.45) is 0 Å². The van der Waals surface area contributed by atoms with Gasteiger partial charge in [-0.1, -0.05) is 51.1 Å². The average molecular weight is 520 g/mol. The first kappa shape index (κ1) is 24.3. The lowest BCUT2D eigenvalue weighted by molar-refractivity contribution is 0.434. The number of nitrogens with one attached hydrogen (secondary N) is 2. The molecule has 4 aromatic rings. The van der Waals surface area contributed by atoms with Crippen molar-refractivity contribution in [2.75, 3.05) is 23.7 Å². The monoisotopic (exact) mass is 519 g/mol. The van der Waals surface area contributed by atoms with Gasteiger partial charge in [0.15, 0.2) is 21.6 Å². The van der Waals surface area contributed by atoms with Crippen LogP contribution in [-0.2, 0) is 10.0 Å². The zero-order valence-electron chi connectivity index (χ0n) is 18.9. The van der Waals surface area contributed by atoms with E-state index >= 15 is 0 Å². The lowest BCUT2D eigenvalue weighted by Gasteiger charge is -2.20. The summed E-state index contributed by atoms with van der Waals surface area (Å²) in [4.78, 5) is 9.11. The standard InChI is InChI=1S/C21H25N7O3S3/c1-4-14(13-10-8-7-9-11-13)22-17-18(25-20-19(24-17)26-33-27-20)23-15-12-32-21(16(15)29)34(30,31)28(5-2)6-3/h7-12,14,29H,4-6H2,1-3H3,(H,22,24,26)(H,23,25,27)/t14-/m1/s1. The number of rotatable bonds is 10. The second kappa shape index (κ2) is 10.2. The number of aromatic nitrogens is 4. The lowest BCUT2D eigenvalue weighted by atomic mass is 10.0. The zero-order chi connectivity index (χ0) is 24.3. The highest BCUT2D eigenvalue weighted by Gasteiger charge is 2.29. The number of anilines is 3. The number of aromatic hydroxyl groups is 1. The van der Waals surface area contributed by atoms with Crippen molar-refractivity contribution in [2.45, 2.75) is 37.4 Å². The third-order valence-corrected chi connectivity index (χ3v) is 9.35. The molecule has 1 atom stereocenters. The fourth-order valence-electron chi connectivity index (χ4n) is 3.51. The maximum atomic E-state index is 12.9. The van der Waals surface area contributed by atoms with Gasteiger partial charge in [0.1, 0.15) is 0 Å². The number of thiophene rings is 1. The fourth-order valence-corrected chi connectivity index (χ4v) is 6.78. The molecule has 3 aromatic heterocycles. The summed E-state index contributed by atoms with van der Waals surface area (Å²) in [5.74, 6) is 0.389. The Morgan fingerprint density at radius 1 is 1.03 bits per heavy atom. The van der Waals surface area contributed by atoms with E-state index in [-0.39, 0.29) is 21.7 Å². The van der Waals surface area contributed by atoms with Crippen molar-refractivity contribution >= 4 is 61.7 Å². The van der Waals surface area contributed by atoms with Crippen molar-refractivity contribution in [1.29, 1.82) is 0 Å². The summed E-state index contributed by atoms with van der Waals surface area (Å²) in [6, 6.07) is 9.91. The smallest absolute Gasteiger partial charge is 0.256 e. The van der Waals surface area contributed by atoms with Gasteiger partial charge >= 0.3 is 0 Å². The minimum atomic E-state index is -3.81. The summed E-state index contributed by atoms with van der Waals surface area (Å²) in [7, 11) is -3.81. The van der Waals surface area contributed by atoms with E-state index in [1.165, 1.54) is 4.31 Å². The predicted octanol–water partition coefficient (Wildman–Crippen LogP) is 4.59. The first-order valence-corrected chi connectivity index (χ1v) is 13.8. The van der Waals surface area contributed by atoms with E-state index in [0.717, 1.165) is 35.0 Å². The van der Waals surface area contributed by atoms with Crippen molar-refractivity contribution in [3.05, 3.63) is 41.3 Å². The average Bonchev–Trinajstić information content (AvgIpc) is 3.45. The van der Waals surface area contributed by atoms with Gasteiger partial charge in [0, 0.05) is 18.5 Å². The van der Waals surface area contributed by atoms with E-state index in [2.05, 4.69) is 36.3 Å². The molecule has 0 bridgehead atoms. The van der Waals surface area contributed by atoms with Crippen LogP contribution in [0.25, 0.3) is 11.3 Å². The van der Waals surface area contributed by atoms with Crippen LogP contribution in [0.15, 0.2) is 39.9 Å². The number of benzene rings is 1. The van der Waals surface area contributed by atoms with Crippen LogP contribution in [0, 0.1) is 0 Å². The Hall–Kier alpha value is -2.87. The van der Waals surface area contributed by atoms with Crippen LogP contribution in [0.1, 0.15) is 38.8 Å². The molecule has 0 unspecified atom stereocenters. The van der Waals surface area contributed by atoms with Gasteiger partial charge in [-0.25, -0.2) is 18.4 Å². The molecule has 0 saturated heterocycles. The molecule has 34 heavy (non-hydrogen) atoms. The summed E-state index contributed by atoms with van der Waals surface area (Å²) >= 11 is 1.95. The molecule has 180 valence electrons. The van der Waals surface area contributed by atoms with Crippen LogP contribution < -0.4 is 10.6 Å². The normalized spacial score (nSPS) is 12.8. The Bertz CT molecular complexity index is 1370. The summed E-state index contributed by atoms with van der Waals surface area (Å²) < 4.78 is 35.4. The maximum Gasteiger partial charge on any atom is 0.256 e. The Morgan fingerprint density at radius 3 is 2.29 bits per heavy atom. The molecule has 0 aliphatic carbocycles. The van der Waals surface area contributed by atoms with Crippen LogP contribution in [0.3, 0.4) is 0 Å². The number of hydrogen-bond acceptors (Lipinski definition) is 11. The largest absolute Gasteiger partial charge is 0.504 e. The summed E-state index contributed by atoms with van der Waals surface area (Å²) in [5, 5.41) is 18.8. The van der Waals surface area contributed by atoms with E-state index in [0.29, 0.717) is 36.0 Å². The maximum absolute atomic E-state index is 12.9. The van der Waals surface area contributed by atoms with Crippen LogP contribution >= 0.6 is 23.1 Å². The molecule has 4 rings (SSSR count). The van der Waals surface area contributed by atoms with E-state index in [9.17, 15) is 13.5 Å². The Labute approximate surface area is 206 Å². The number of fused-ring (bicyclic) bond motifs is 1. The van der Waals surface area contributed by atoms with Crippen LogP contribution in [0.4, 0.5) is 17.3 Å². The lowest BCUT2D eigenvalue weighted by Crippen LogP contribution is -2.30. The summed E-state index contributed by atoms with van der Waals surface area (Å²) in [6.07, 6.45) is 0.786. The van der Waals surface area contributed by atoms with Gasteiger partial charge in [0.05, 0.1) is 23.5 Å². The highest BCUT2D eigenvalue weighted by atomic mass is 32.2. The number of hydrogen-bond donors (Lipinski definition) is 3. The highest BCUT2D eigenvalue weighted by Crippen LogP contribution is 2.41. The third-order valence-electron chi connectivity index (χ3n) is 5.30. The second-order valence-electron chi connectivity index (χ2n) is 7.35. The predicted molar refractivity (Wildman–Crippen MR) is 135 cm³/mol. The molecular formula is C21H25N7O3S3. The molecular weight excluding hydrogens is 494 g/mol. The first-order chi connectivity index (χ1) is 16.4. The van der Waals surface area contributed by atoms with Crippen molar-refractivity contribution in [1.82, 2.24) is 23.0 Å². The van der Waals surface area contributed by atoms with Crippen LogP contribution in [0.5, 0.6) is 5.75 Å². The van der Waals surface area contributed by atoms with Gasteiger partial charge in [-0.15, -0.1) is 11.3 Å². The topological polar surface area (TPSA) is 133 Å². The molecule has 1 aromatic carbocycles. The Balaban J connectivity index is 1.71. The Morgan fingerprint density at radius 2 is 1.68 bits per heavy atom. The van der Waals surface area contributed by atoms with Gasteiger partial charge in [-0.05, 0) is 12.0 Å². The second-order valence-corrected chi connectivity index (χ2v) is 10.9.